The minimum Gasteiger partial charge on any atom is -0.391 e. The van der Waals surface area contributed by atoms with Crippen molar-refractivity contribution in [1.82, 2.24) is 15.5 Å². The summed E-state index contributed by atoms with van der Waals surface area (Å²) in [7, 11) is 0. The molecule has 0 aromatic rings. The first kappa shape index (κ1) is 15.6. The van der Waals surface area contributed by atoms with Crippen LogP contribution < -0.4 is 10.6 Å². The lowest BCUT2D eigenvalue weighted by molar-refractivity contribution is 0.0935. The predicted octanol–water partition coefficient (Wildman–Crippen LogP) is 1.46. The number of likely N-dealkylation sites (tertiary alicyclic amines) is 1. The third kappa shape index (κ3) is 4.63. The van der Waals surface area contributed by atoms with Crippen molar-refractivity contribution in [3.8, 4) is 0 Å². The van der Waals surface area contributed by atoms with Crippen molar-refractivity contribution in [2.45, 2.75) is 70.1 Å². The third-order valence-electron chi connectivity index (χ3n) is 4.51. The maximum Gasteiger partial charge on any atom is 0.315 e. The monoisotopic (exact) mass is 283 g/mol. The van der Waals surface area contributed by atoms with Crippen LogP contribution in [0.3, 0.4) is 0 Å². The molecule has 1 saturated carbocycles. The van der Waals surface area contributed by atoms with E-state index in [4.69, 9.17) is 0 Å². The third-order valence-corrected chi connectivity index (χ3v) is 4.51. The summed E-state index contributed by atoms with van der Waals surface area (Å²) in [4.78, 5) is 14.4. The fraction of sp³-hybridized carbons (Fsp3) is 0.933. The normalized spacial score (nSPS) is 29.1. The van der Waals surface area contributed by atoms with Crippen LogP contribution in [-0.2, 0) is 0 Å². The van der Waals surface area contributed by atoms with Crippen molar-refractivity contribution < 1.29 is 9.90 Å². The zero-order chi connectivity index (χ0) is 14.4. The number of rotatable bonds is 4. The number of hydrogen-bond donors (Lipinski definition) is 3. The van der Waals surface area contributed by atoms with Crippen LogP contribution in [0.15, 0.2) is 0 Å². The lowest BCUT2D eigenvalue weighted by atomic mass is 9.93. The molecular formula is C15H29N3O2. The predicted molar refractivity (Wildman–Crippen MR) is 79.7 cm³/mol. The lowest BCUT2D eigenvalue weighted by Gasteiger charge is -2.33. The van der Waals surface area contributed by atoms with Crippen LogP contribution in [-0.4, -0.2) is 53.9 Å². The Morgan fingerprint density at radius 1 is 1.15 bits per heavy atom. The quantitative estimate of drug-likeness (QED) is 0.732. The van der Waals surface area contributed by atoms with Gasteiger partial charge in [-0.25, -0.2) is 4.79 Å². The summed E-state index contributed by atoms with van der Waals surface area (Å²) < 4.78 is 0. The molecule has 2 fully saturated rings. The van der Waals surface area contributed by atoms with Crippen LogP contribution in [0.25, 0.3) is 0 Å². The van der Waals surface area contributed by atoms with E-state index in [0.29, 0.717) is 0 Å². The lowest BCUT2D eigenvalue weighted by Crippen LogP contribution is -2.53. The number of carbonyl (C=O) groups excluding carboxylic acids is 1. The van der Waals surface area contributed by atoms with Gasteiger partial charge < -0.3 is 20.6 Å². The molecule has 1 aliphatic heterocycles. The smallest absolute Gasteiger partial charge is 0.315 e. The summed E-state index contributed by atoms with van der Waals surface area (Å²) >= 11 is 0. The summed E-state index contributed by atoms with van der Waals surface area (Å²) in [5, 5.41) is 15.9. The van der Waals surface area contributed by atoms with Gasteiger partial charge in [0.2, 0.25) is 0 Å². The minimum atomic E-state index is -0.374. The van der Waals surface area contributed by atoms with Gasteiger partial charge in [0, 0.05) is 19.1 Å². The molecule has 116 valence electrons. The van der Waals surface area contributed by atoms with Crippen LogP contribution in [0, 0.1) is 0 Å². The van der Waals surface area contributed by atoms with Crippen molar-refractivity contribution in [2.24, 2.45) is 0 Å². The van der Waals surface area contributed by atoms with Crippen LogP contribution in [0.1, 0.15) is 51.9 Å². The van der Waals surface area contributed by atoms with Crippen LogP contribution in [0.2, 0.25) is 0 Å². The van der Waals surface area contributed by atoms with Gasteiger partial charge in [-0.05, 0) is 38.6 Å². The zero-order valence-corrected chi connectivity index (χ0v) is 12.6. The number of piperidine rings is 1. The second-order valence-corrected chi connectivity index (χ2v) is 6.19. The Kier molecular flexibility index (Phi) is 6.10. The van der Waals surface area contributed by atoms with E-state index < -0.39 is 0 Å². The highest BCUT2D eigenvalue weighted by atomic mass is 16.3. The largest absolute Gasteiger partial charge is 0.391 e. The van der Waals surface area contributed by atoms with E-state index in [0.717, 1.165) is 58.2 Å². The molecule has 2 amide bonds. The topological polar surface area (TPSA) is 64.6 Å². The molecule has 0 radical (unpaired) electrons. The van der Waals surface area contributed by atoms with Crippen LogP contribution in [0.5, 0.6) is 0 Å². The number of aliphatic hydroxyl groups is 1. The Labute approximate surface area is 122 Å². The Morgan fingerprint density at radius 2 is 1.85 bits per heavy atom. The highest BCUT2D eigenvalue weighted by Gasteiger charge is 2.26. The Balaban J connectivity index is 1.67. The Hall–Kier alpha value is -0.810. The summed E-state index contributed by atoms with van der Waals surface area (Å²) in [6.45, 7) is 5.51. The van der Waals surface area contributed by atoms with Crippen molar-refractivity contribution in [3.63, 3.8) is 0 Å². The van der Waals surface area contributed by atoms with E-state index in [2.05, 4.69) is 22.5 Å². The molecule has 0 spiro atoms. The first-order chi connectivity index (χ1) is 9.69. The average Bonchev–Trinajstić information content (AvgIpc) is 2.44. The number of carbonyl (C=O) groups is 1. The van der Waals surface area contributed by atoms with Gasteiger partial charge in [-0.1, -0.05) is 19.8 Å². The minimum absolute atomic E-state index is 0.0658. The van der Waals surface area contributed by atoms with E-state index >= 15 is 0 Å². The maximum atomic E-state index is 12.0. The molecule has 2 rings (SSSR count). The molecule has 20 heavy (non-hydrogen) atoms. The number of amides is 2. The van der Waals surface area contributed by atoms with E-state index in [1.54, 1.807) is 0 Å². The summed E-state index contributed by atoms with van der Waals surface area (Å²) in [5.41, 5.74) is 0. The highest BCUT2D eigenvalue weighted by Crippen LogP contribution is 2.18. The molecule has 2 aliphatic rings. The van der Waals surface area contributed by atoms with Crippen molar-refractivity contribution >= 4 is 6.03 Å². The highest BCUT2D eigenvalue weighted by molar-refractivity contribution is 5.74. The summed E-state index contributed by atoms with van der Waals surface area (Å²) in [6, 6.07) is 0.109. The second-order valence-electron chi connectivity index (χ2n) is 6.19. The van der Waals surface area contributed by atoms with Gasteiger partial charge in [-0.15, -0.1) is 0 Å². The Morgan fingerprint density at radius 3 is 2.50 bits per heavy atom. The first-order valence-electron chi connectivity index (χ1n) is 8.16. The fourth-order valence-electron chi connectivity index (χ4n) is 3.29. The second kappa shape index (κ2) is 7.84. The molecule has 3 N–H and O–H groups in total. The number of hydrogen-bond acceptors (Lipinski definition) is 3. The molecule has 2 unspecified atom stereocenters. The fourth-order valence-corrected chi connectivity index (χ4v) is 3.29. The molecule has 1 saturated heterocycles. The van der Waals surface area contributed by atoms with Gasteiger partial charge in [-0.2, -0.15) is 0 Å². The number of aliphatic hydroxyl groups excluding tert-OH is 1. The summed E-state index contributed by atoms with van der Waals surface area (Å²) in [5.74, 6) is 0. The van der Waals surface area contributed by atoms with Crippen LogP contribution in [0.4, 0.5) is 4.79 Å². The first-order valence-corrected chi connectivity index (χ1v) is 8.16. The van der Waals surface area contributed by atoms with E-state index in [1.807, 2.05) is 0 Å². The molecule has 5 nitrogen and oxygen atoms in total. The standard InChI is InChI=1S/C15H29N3O2/c1-2-9-18-10-7-12(8-11-18)16-15(20)17-13-5-3-4-6-14(13)19/h12-14,19H,2-11H2,1H3,(H2,16,17,20). The van der Waals surface area contributed by atoms with Gasteiger partial charge in [0.1, 0.15) is 0 Å². The molecule has 5 heteroatoms. The molecule has 1 aliphatic carbocycles. The molecular weight excluding hydrogens is 254 g/mol. The molecule has 0 bridgehead atoms. The van der Waals surface area contributed by atoms with Crippen molar-refractivity contribution in [2.75, 3.05) is 19.6 Å². The van der Waals surface area contributed by atoms with Crippen molar-refractivity contribution in [1.29, 1.82) is 0 Å². The molecule has 0 aromatic heterocycles. The molecule has 2 atom stereocenters. The van der Waals surface area contributed by atoms with Gasteiger partial charge >= 0.3 is 6.03 Å². The number of urea groups is 1. The Bertz CT molecular complexity index is 303. The van der Waals surface area contributed by atoms with Gasteiger partial charge in [0.25, 0.3) is 0 Å². The zero-order valence-electron chi connectivity index (χ0n) is 12.6. The van der Waals surface area contributed by atoms with Gasteiger partial charge in [0.05, 0.1) is 12.1 Å². The van der Waals surface area contributed by atoms with E-state index in [9.17, 15) is 9.90 Å². The SMILES string of the molecule is CCCN1CCC(NC(=O)NC2CCCCC2O)CC1. The number of nitrogens with one attached hydrogen (secondary N) is 2. The van der Waals surface area contributed by atoms with Crippen molar-refractivity contribution in [3.05, 3.63) is 0 Å². The number of nitrogens with zero attached hydrogens (tertiary/aromatic N) is 1. The van der Waals surface area contributed by atoms with Gasteiger partial charge in [-0.3, -0.25) is 0 Å². The van der Waals surface area contributed by atoms with E-state index in [1.165, 1.54) is 6.42 Å². The maximum absolute atomic E-state index is 12.0. The van der Waals surface area contributed by atoms with Gasteiger partial charge in [0.15, 0.2) is 0 Å². The molecule has 0 aromatic carbocycles. The molecule has 1 heterocycles. The van der Waals surface area contributed by atoms with E-state index in [-0.39, 0.29) is 24.2 Å². The summed E-state index contributed by atoms with van der Waals surface area (Å²) in [6.07, 6.45) is 6.73. The average molecular weight is 283 g/mol. The van der Waals surface area contributed by atoms with Crippen LogP contribution >= 0.6 is 0 Å².